The molecule has 1 N–H and O–H groups in total. The van der Waals surface area contributed by atoms with E-state index in [1.165, 1.54) is 0 Å². The normalized spacial score (nSPS) is 27.7. The molecule has 0 unspecified atom stereocenters. The molecule has 1 aliphatic heterocycles. The number of nitrogens with zero attached hydrogens (tertiary/aromatic N) is 2. The van der Waals surface area contributed by atoms with Crippen molar-refractivity contribution in [2.45, 2.75) is 37.8 Å². The summed E-state index contributed by atoms with van der Waals surface area (Å²) >= 11 is 0. The molecule has 2 fully saturated rings. The summed E-state index contributed by atoms with van der Waals surface area (Å²) in [5, 5.41) is 19.0. The summed E-state index contributed by atoms with van der Waals surface area (Å²) in [5.74, 6) is 0.0683. The Morgan fingerprint density at radius 2 is 2.30 bits per heavy atom. The number of nitriles is 1. The molecule has 0 aromatic heterocycles. The topological polar surface area (TPSA) is 73.6 Å². The lowest BCUT2D eigenvalue weighted by Crippen LogP contribution is -2.53. The van der Waals surface area contributed by atoms with Gasteiger partial charge in [0.25, 0.3) is 5.91 Å². The minimum Gasteiger partial charge on any atom is -0.393 e. The first-order chi connectivity index (χ1) is 11.2. The molecule has 3 atom stereocenters. The van der Waals surface area contributed by atoms with Gasteiger partial charge in [0.1, 0.15) is 0 Å². The molecule has 1 aliphatic carbocycles. The van der Waals surface area contributed by atoms with E-state index in [4.69, 9.17) is 10.00 Å². The summed E-state index contributed by atoms with van der Waals surface area (Å²) in [7, 11) is 0. The van der Waals surface area contributed by atoms with Gasteiger partial charge in [0.15, 0.2) is 0 Å². The van der Waals surface area contributed by atoms with Gasteiger partial charge in [0.2, 0.25) is 0 Å². The van der Waals surface area contributed by atoms with E-state index in [-0.39, 0.29) is 24.0 Å². The Morgan fingerprint density at radius 3 is 3.04 bits per heavy atom. The van der Waals surface area contributed by atoms with E-state index in [1.807, 2.05) is 17.0 Å². The van der Waals surface area contributed by atoms with Crippen molar-refractivity contribution in [1.82, 2.24) is 4.90 Å². The fourth-order valence-electron chi connectivity index (χ4n) is 3.72. The zero-order valence-electron chi connectivity index (χ0n) is 13.1. The van der Waals surface area contributed by atoms with Gasteiger partial charge in [-0.3, -0.25) is 4.79 Å². The highest BCUT2D eigenvalue weighted by atomic mass is 16.5. The fraction of sp³-hybridized carbons (Fsp3) is 0.556. The molecule has 1 amide bonds. The van der Waals surface area contributed by atoms with Crippen LogP contribution in [-0.2, 0) is 11.2 Å². The van der Waals surface area contributed by atoms with Crippen molar-refractivity contribution in [3.05, 3.63) is 35.4 Å². The number of hydrogen-bond donors (Lipinski definition) is 1. The van der Waals surface area contributed by atoms with Crippen molar-refractivity contribution >= 4 is 5.91 Å². The zero-order valence-corrected chi connectivity index (χ0v) is 13.1. The third-order valence-electron chi connectivity index (χ3n) is 4.91. The number of aliphatic hydroxyl groups is 1. The zero-order chi connectivity index (χ0) is 16.2. The van der Waals surface area contributed by atoms with Crippen LogP contribution in [0.1, 0.15) is 35.2 Å². The number of rotatable bonds is 3. The van der Waals surface area contributed by atoms with Crippen molar-refractivity contribution in [3.8, 4) is 6.07 Å². The molecule has 0 radical (unpaired) electrons. The monoisotopic (exact) mass is 314 g/mol. The average molecular weight is 314 g/mol. The van der Waals surface area contributed by atoms with Crippen LogP contribution >= 0.6 is 0 Å². The molecule has 1 saturated carbocycles. The summed E-state index contributed by atoms with van der Waals surface area (Å²) in [5.41, 5.74) is 1.46. The highest BCUT2D eigenvalue weighted by Gasteiger charge is 2.39. The largest absolute Gasteiger partial charge is 0.393 e. The quantitative estimate of drug-likeness (QED) is 0.922. The van der Waals surface area contributed by atoms with Crippen molar-refractivity contribution in [2.24, 2.45) is 5.92 Å². The van der Waals surface area contributed by atoms with Crippen LogP contribution in [-0.4, -0.2) is 47.8 Å². The predicted molar refractivity (Wildman–Crippen MR) is 84.8 cm³/mol. The van der Waals surface area contributed by atoms with Crippen molar-refractivity contribution in [1.29, 1.82) is 5.26 Å². The van der Waals surface area contributed by atoms with Crippen LogP contribution in [0.2, 0.25) is 0 Å². The molecule has 23 heavy (non-hydrogen) atoms. The highest BCUT2D eigenvalue weighted by molar-refractivity contribution is 5.94. The molecule has 0 spiro atoms. The second-order valence-corrected chi connectivity index (χ2v) is 6.34. The van der Waals surface area contributed by atoms with Crippen molar-refractivity contribution in [2.75, 3.05) is 19.8 Å². The fourth-order valence-corrected chi connectivity index (χ4v) is 3.72. The Bertz CT molecular complexity index is 611. The predicted octanol–water partition coefficient (Wildman–Crippen LogP) is 1.75. The lowest BCUT2D eigenvalue weighted by molar-refractivity contribution is -0.0383. The number of hydrogen-bond acceptors (Lipinski definition) is 4. The molecular formula is C18H22N2O3. The van der Waals surface area contributed by atoms with E-state index in [0.717, 1.165) is 24.8 Å². The third-order valence-corrected chi connectivity index (χ3v) is 4.91. The van der Waals surface area contributed by atoms with E-state index < -0.39 is 0 Å². The number of benzene rings is 1. The van der Waals surface area contributed by atoms with Crippen LogP contribution in [0.25, 0.3) is 0 Å². The van der Waals surface area contributed by atoms with E-state index in [1.54, 1.807) is 12.1 Å². The van der Waals surface area contributed by atoms with E-state index in [9.17, 15) is 9.90 Å². The molecular weight excluding hydrogens is 292 g/mol. The number of aliphatic hydroxyl groups excluding tert-OH is 1. The van der Waals surface area contributed by atoms with Gasteiger partial charge in [-0.05, 0) is 30.5 Å². The molecule has 1 saturated heterocycles. The molecule has 5 heteroatoms. The smallest absolute Gasteiger partial charge is 0.254 e. The van der Waals surface area contributed by atoms with Crippen molar-refractivity contribution < 1.29 is 14.6 Å². The third kappa shape index (κ3) is 3.39. The summed E-state index contributed by atoms with van der Waals surface area (Å²) < 4.78 is 5.57. The minimum absolute atomic E-state index is 0.0304. The van der Waals surface area contributed by atoms with Gasteiger partial charge in [0, 0.05) is 18.0 Å². The summed E-state index contributed by atoms with van der Waals surface area (Å²) in [4.78, 5) is 14.8. The van der Waals surface area contributed by atoms with Crippen LogP contribution in [0, 0.1) is 17.2 Å². The Labute approximate surface area is 136 Å². The number of ether oxygens (including phenoxy) is 1. The molecule has 1 aromatic carbocycles. The molecule has 5 nitrogen and oxygen atoms in total. The Morgan fingerprint density at radius 1 is 1.43 bits per heavy atom. The van der Waals surface area contributed by atoms with Gasteiger partial charge in [-0.15, -0.1) is 0 Å². The molecule has 1 heterocycles. The van der Waals surface area contributed by atoms with Crippen LogP contribution in [0.15, 0.2) is 24.3 Å². The number of morpholine rings is 1. The molecule has 1 aromatic rings. The standard InChI is InChI=1S/C18H22N2O3/c19-8-7-13-3-1-4-14(11-13)18(22)20-9-10-23-12-16(20)15-5-2-6-17(15)21/h1,3-4,11,15-17,21H,2,5-7,9-10,12H2/t15-,16-,17-/m1/s1. The second-order valence-electron chi connectivity index (χ2n) is 6.34. The molecule has 2 aliphatic rings. The average Bonchev–Trinajstić information content (AvgIpc) is 3.01. The summed E-state index contributed by atoms with van der Waals surface area (Å²) in [6, 6.07) is 9.31. The van der Waals surface area contributed by atoms with Crippen molar-refractivity contribution in [3.63, 3.8) is 0 Å². The second kappa shape index (κ2) is 7.12. The van der Waals surface area contributed by atoms with Gasteiger partial charge in [-0.1, -0.05) is 18.6 Å². The van der Waals surface area contributed by atoms with Gasteiger partial charge < -0.3 is 14.7 Å². The lowest BCUT2D eigenvalue weighted by atomic mass is 9.93. The van der Waals surface area contributed by atoms with E-state index in [0.29, 0.717) is 31.7 Å². The summed E-state index contributed by atoms with van der Waals surface area (Å²) in [6.45, 7) is 1.57. The maximum Gasteiger partial charge on any atom is 0.254 e. The van der Waals surface area contributed by atoms with Gasteiger partial charge >= 0.3 is 0 Å². The lowest BCUT2D eigenvalue weighted by Gasteiger charge is -2.40. The minimum atomic E-state index is -0.345. The van der Waals surface area contributed by atoms with Crippen LogP contribution in [0.4, 0.5) is 0 Å². The first kappa shape index (κ1) is 16.0. The molecule has 3 rings (SSSR count). The molecule has 122 valence electrons. The maximum absolute atomic E-state index is 12.9. The van der Waals surface area contributed by atoms with Crippen LogP contribution in [0.5, 0.6) is 0 Å². The highest BCUT2D eigenvalue weighted by Crippen LogP contribution is 2.32. The Hall–Kier alpha value is -1.90. The van der Waals surface area contributed by atoms with Gasteiger partial charge in [0.05, 0.1) is 37.8 Å². The SMILES string of the molecule is N#CCc1cccc(C(=O)N2CCOC[C@@H]2[C@H]2CCC[C@H]2O)c1. The maximum atomic E-state index is 12.9. The first-order valence-corrected chi connectivity index (χ1v) is 8.23. The molecule has 0 bridgehead atoms. The van der Waals surface area contributed by atoms with Crippen LogP contribution in [0.3, 0.4) is 0 Å². The number of carbonyl (C=O) groups excluding carboxylic acids is 1. The first-order valence-electron chi connectivity index (χ1n) is 8.23. The van der Waals surface area contributed by atoms with E-state index in [2.05, 4.69) is 6.07 Å². The Kier molecular flexibility index (Phi) is 4.94. The number of amides is 1. The van der Waals surface area contributed by atoms with E-state index >= 15 is 0 Å². The van der Waals surface area contributed by atoms with Crippen LogP contribution < -0.4 is 0 Å². The summed E-state index contributed by atoms with van der Waals surface area (Å²) in [6.07, 6.45) is 2.70. The van der Waals surface area contributed by atoms with Gasteiger partial charge in [-0.25, -0.2) is 0 Å². The Balaban J connectivity index is 1.81. The number of carbonyl (C=O) groups is 1. The van der Waals surface area contributed by atoms with Gasteiger partial charge in [-0.2, -0.15) is 5.26 Å².